The molecule has 0 aliphatic rings. The Kier molecular flexibility index (Phi) is 8.63. The molecule has 0 saturated heterocycles. The van der Waals surface area contributed by atoms with Crippen molar-refractivity contribution in [3.63, 3.8) is 0 Å². The van der Waals surface area contributed by atoms with Crippen LogP contribution in [0.25, 0.3) is 0 Å². The Labute approximate surface area is 151 Å². The fraction of sp³-hybridized carbons (Fsp3) is 0.286. The van der Waals surface area contributed by atoms with Gasteiger partial charge in [0.2, 0.25) is 0 Å². The molecular weight excluding hydrogens is 419 g/mol. The van der Waals surface area contributed by atoms with Gasteiger partial charge in [-0.1, -0.05) is 23.7 Å². The highest BCUT2D eigenvalue weighted by atomic mass is 127. The molecule has 2 heterocycles. The van der Waals surface area contributed by atoms with Gasteiger partial charge in [-0.25, -0.2) is 4.98 Å². The first-order valence-corrected chi connectivity index (χ1v) is 7.61. The third kappa shape index (κ3) is 6.62. The van der Waals surface area contributed by atoms with Crippen molar-refractivity contribution >= 4 is 52.9 Å². The van der Waals surface area contributed by atoms with E-state index in [0.717, 1.165) is 24.5 Å². The molecule has 0 bridgehead atoms. The van der Waals surface area contributed by atoms with Gasteiger partial charge in [0.05, 0.1) is 0 Å². The van der Waals surface area contributed by atoms with E-state index in [9.17, 15) is 0 Å². The number of guanidine groups is 1. The molecule has 0 aliphatic carbocycles. The van der Waals surface area contributed by atoms with Gasteiger partial charge in [-0.3, -0.25) is 4.99 Å². The number of halogens is 2. The van der Waals surface area contributed by atoms with Crippen LogP contribution in [0, 0.1) is 0 Å². The lowest BCUT2D eigenvalue weighted by Gasteiger charge is -2.11. The topological polar surface area (TPSA) is 49.3 Å². The first kappa shape index (κ1) is 18.2. The van der Waals surface area contributed by atoms with Gasteiger partial charge in [0.25, 0.3) is 0 Å². The number of rotatable bonds is 5. The van der Waals surface area contributed by atoms with Crippen molar-refractivity contribution in [2.45, 2.75) is 13.0 Å². The Hall–Kier alpha value is -0.860. The maximum atomic E-state index is 5.75. The molecule has 0 spiro atoms. The summed E-state index contributed by atoms with van der Waals surface area (Å²) in [7, 11) is 1.76. The van der Waals surface area contributed by atoms with Crippen molar-refractivity contribution in [3.05, 3.63) is 51.4 Å². The van der Waals surface area contributed by atoms with Crippen LogP contribution in [0.5, 0.6) is 0 Å². The van der Waals surface area contributed by atoms with Crippen LogP contribution >= 0.6 is 46.9 Å². The molecule has 2 N–H and O–H groups in total. The van der Waals surface area contributed by atoms with E-state index in [1.54, 1.807) is 30.6 Å². The van der Waals surface area contributed by atoms with Crippen molar-refractivity contribution in [2.24, 2.45) is 4.99 Å². The van der Waals surface area contributed by atoms with Crippen molar-refractivity contribution < 1.29 is 0 Å². The number of hydrogen-bond donors (Lipinski definition) is 2. The van der Waals surface area contributed by atoms with E-state index in [-0.39, 0.29) is 24.0 Å². The van der Waals surface area contributed by atoms with Gasteiger partial charge in [0.1, 0.15) is 5.15 Å². The van der Waals surface area contributed by atoms with E-state index in [1.807, 2.05) is 6.07 Å². The summed E-state index contributed by atoms with van der Waals surface area (Å²) >= 11 is 7.53. The Morgan fingerprint density at radius 3 is 2.81 bits per heavy atom. The fourth-order valence-corrected chi connectivity index (χ4v) is 2.50. The minimum atomic E-state index is 0. The van der Waals surface area contributed by atoms with E-state index in [0.29, 0.717) is 11.7 Å². The molecule has 2 aromatic heterocycles. The Morgan fingerprint density at radius 1 is 1.33 bits per heavy atom. The van der Waals surface area contributed by atoms with Crippen LogP contribution in [-0.2, 0) is 13.0 Å². The Bertz CT molecular complexity index is 543. The average molecular weight is 437 g/mol. The minimum Gasteiger partial charge on any atom is -0.356 e. The van der Waals surface area contributed by atoms with E-state index in [2.05, 4.69) is 38.1 Å². The molecule has 0 saturated carbocycles. The zero-order valence-corrected chi connectivity index (χ0v) is 15.6. The van der Waals surface area contributed by atoms with Gasteiger partial charge in [0, 0.05) is 31.2 Å². The average Bonchev–Trinajstić information content (AvgIpc) is 2.97. The lowest BCUT2D eigenvalue weighted by Crippen LogP contribution is -2.37. The summed E-state index contributed by atoms with van der Waals surface area (Å²) in [5.41, 5.74) is 1.07. The summed E-state index contributed by atoms with van der Waals surface area (Å²) in [5, 5.41) is 9.13. The molecule has 0 atom stereocenters. The summed E-state index contributed by atoms with van der Waals surface area (Å²) < 4.78 is 0. The van der Waals surface area contributed by atoms with Crippen LogP contribution in [0.3, 0.4) is 0 Å². The molecule has 0 radical (unpaired) electrons. The predicted molar refractivity (Wildman–Crippen MR) is 101 cm³/mol. The van der Waals surface area contributed by atoms with Crippen molar-refractivity contribution in [2.75, 3.05) is 13.6 Å². The monoisotopic (exact) mass is 436 g/mol. The van der Waals surface area contributed by atoms with Crippen molar-refractivity contribution in [1.29, 1.82) is 0 Å². The summed E-state index contributed by atoms with van der Waals surface area (Å²) in [5.74, 6) is 0.788. The maximum absolute atomic E-state index is 5.75. The van der Waals surface area contributed by atoms with Crippen LogP contribution in [0.1, 0.15) is 10.4 Å². The minimum absolute atomic E-state index is 0. The van der Waals surface area contributed by atoms with E-state index >= 15 is 0 Å². The molecule has 4 nitrogen and oxygen atoms in total. The SMILES string of the molecule is CN=C(NCCc1cccs1)NCc1ccc(Cl)nc1.I. The maximum Gasteiger partial charge on any atom is 0.191 e. The van der Waals surface area contributed by atoms with E-state index in [4.69, 9.17) is 11.6 Å². The second-order valence-electron chi connectivity index (χ2n) is 4.17. The highest BCUT2D eigenvalue weighted by Crippen LogP contribution is 2.08. The van der Waals surface area contributed by atoms with Crippen LogP contribution in [0.4, 0.5) is 0 Å². The van der Waals surface area contributed by atoms with Crippen LogP contribution in [0.2, 0.25) is 5.15 Å². The molecular formula is C14H18ClIN4S. The smallest absolute Gasteiger partial charge is 0.191 e. The number of hydrogen-bond acceptors (Lipinski definition) is 3. The quantitative estimate of drug-likeness (QED) is 0.327. The fourth-order valence-electron chi connectivity index (χ4n) is 1.68. The number of pyridine rings is 1. The van der Waals surface area contributed by atoms with E-state index < -0.39 is 0 Å². The summed E-state index contributed by atoms with van der Waals surface area (Å²) in [6.07, 6.45) is 2.76. The van der Waals surface area contributed by atoms with Crippen LogP contribution in [-0.4, -0.2) is 24.5 Å². The van der Waals surface area contributed by atoms with Crippen LogP contribution in [0.15, 0.2) is 40.8 Å². The Balaban J connectivity index is 0.00000220. The van der Waals surface area contributed by atoms with Gasteiger partial charge in [0.15, 0.2) is 5.96 Å². The zero-order valence-electron chi connectivity index (χ0n) is 11.7. The Morgan fingerprint density at radius 2 is 2.19 bits per heavy atom. The highest BCUT2D eigenvalue weighted by Gasteiger charge is 1.99. The zero-order chi connectivity index (χ0) is 14.2. The molecule has 2 rings (SSSR count). The van der Waals surface area contributed by atoms with Crippen molar-refractivity contribution in [1.82, 2.24) is 15.6 Å². The lowest BCUT2D eigenvalue weighted by atomic mass is 10.3. The van der Waals surface area contributed by atoms with Crippen LogP contribution < -0.4 is 10.6 Å². The number of nitrogens with one attached hydrogen (secondary N) is 2. The number of nitrogens with zero attached hydrogens (tertiary/aromatic N) is 2. The van der Waals surface area contributed by atoms with Crippen molar-refractivity contribution in [3.8, 4) is 0 Å². The number of aromatic nitrogens is 1. The van der Waals surface area contributed by atoms with Gasteiger partial charge in [-0.05, 0) is 29.5 Å². The van der Waals surface area contributed by atoms with Gasteiger partial charge in [-0.2, -0.15) is 0 Å². The summed E-state index contributed by atoms with van der Waals surface area (Å²) in [4.78, 5) is 9.61. The third-order valence-electron chi connectivity index (χ3n) is 2.72. The molecule has 0 aromatic carbocycles. The first-order chi connectivity index (χ1) is 9.78. The third-order valence-corrected chi connectivity index (χ3v) is 3.88. The molecule has 114 valence electrons. The van der Waals surface area contributed by atoms with E-state index in [1.165, 1.54) is 4.88 Å². The lowest BCUT2D eigenvalue weighted by molar-refractivity contribution is 0.797. The molecule has 0 amide bonds. The predicted octanol–water partition coefficient (Wildman–Crippen LogP) is 3.32. The second-order valence-corrected chi connectivity index (χ2v) is 5.59. The number of aliphatic imine (C=N–C) groups is 1. The normalized spacial score (nSPS) is 10.9. The first-order valence-electron chi connectivity index (χ1n) is 6.35. The largest absolute Gasteiger partial charge is 0.356 e. The molecule has 0 aliphatic heterocycles. The molecule has 7 heteroatoms. The molecule has 2 aromatic rings. The van der Waals surface area contributed by atoms with Gasteiger partial charge >= 0.3 is 0 Å². The van der Waals surface area contributed by atoms with Gasteiger partial charge in [-0.15, -0.1) is 35.3 Å². The second kappa shape index (κ2) is 9.97. The summed E-state index contributed by atoms with van der Waals surface area (Å²) in [6, 6.07) is 7.94. The standard InChI is InChI=1S/C14H17ClN4S.HI/c1-16-14(17-7-6-12-3-2-8-20-12)19-10-11-4-5-13(15)18-9-11;/h2-5,8-9H,6-7,10H2,1H3,(H2,16,17,19);1H. The molecule has 21 heavy (non-hydrogen) atoms. The summed E-state index contributed by atoms with van der Waals surface area (Å²) in [6.45, 7) is 1.53. The molecule has 0 unspecified atom stereocenters. The number of thiophene rings is 1. The van der Waals surface area contributed by atoms with Gasteiger partial charge < -0.3 is 10.6 Å². The highest BCUT2D eigenvalue weighted by molar-refractivity contribution is 14.0. The molecule has 0 fully saturated rings.